The van der Waals surface area contributed by atoms with E-state index in [1.54, 1.807) is 6.20 Å². The van der Waals surface area contributed by atoms with Crippen LogP contribution in [0.1, 0.15) is 0 Å². The van der Waals surface area contributed by atoms with Crippen LogP contribution in [-0.4, -0.2) is 26.3 Å². The fourth-order valence-electron chi connectivity index (χ4n) is 0.757. The van der Waals surface area contributed by atoms with Gasteiger partial charge in [-0.2, -0.15) is 0 Å². The lowest BCUT2D eigenvalue weighted by atomic mass is 10.3. The first-order chi connectivity index (χ1) is 4.84. The molecule has 0 aromatic rings. The molecule has 64 valence electrons. The number of rotatable bonds is 1. The Morgan fingerprint density at radius 3 is 2.91 bits per heavy atom. The van der Waals surface area contributed by atoms with Gasteiger partial charge in [0.2, 0.25) is 0 Å². The predicted octanol–water partition coefficient (Wildman–Crippen LogP) is -0.385. The molecular weight excluding hydrogens is 168 g/mol. The molecular formula is C6H11ClN2O2. The maximum absolute atomic E-state index is 10.8. The molecule has 0 saturated carbocycles. The average molecular weight is 179 g/mol. The Morgan fingerprint density at radius 2 is 2.45 bits per heavy atom. The van der Waals surface area contributed by atoms with Crippen LogP contribution in [0.5, 0.6) is 0 Å². The summed E-state index contributed by atoms with van der Waals surface area (Å²) in [5.74, 6) is -0.278. The smallest absolute Gasteiger partial charge is 0.336 e. The molecule has 11 heavy (non-hydrogen) atoms. The van der Waals surface area contributed by atoms with E-state index in [0.717, 1.165) is 0 Å². The van der Waals surface area contributed by atoms with E-state index in [4.69, 9.17) is 0 Å². The monoisotopic (exact) mass is 178 g/mol. The number of halogens is 1. The zero-order valence-corrected chi connectivity index (χ0v) is 7.03. The van der Waals surface area contributed by atoms with E-state index in [1.807, 2.05) is 0 Å². The van der Waals surface area contributed by atoms with Gasteiger partial charge >= 0.3 is 5.97 Å². The fourth-order valence-corrected chi connectivity index (χ4v) is 0.757. The lowest BCUT2D eigenvalue weighted by Crippen LogP contribution is -2.35. The van der Waals surface area contributed by atoms with Crippen LogP contribution in [0.15, 0.2) is 11.8 Å². The zero-order chi connectivity index (χ0) is 7.40. The summed E-state index contributed by atoms with van der Waals surface area (Å²) < 4.78 is 4.50. The minimum atomic E-state index is -0.278. The van der Waals surface area contributed by atoms with Crippen molar-refractivity contribution in [1.82, 2.24) is 10.6 Å². The first-order valence-corrected chi connectivity index (χ1v) is 3.06. The SMILES string of the molecule is COC(=O)C1=CNCNC1.Cl. The Kier molecular flexibility index (Phi) is 4.65. The van der Waals surface area contributed by atoms with Gasteiger partial charge in [-0.1, -0.05) is 0 Å². The normalized spacial score (nSPS) is 15.5. The van der Waals surface area contributed by atoms with E-state index in [2.05, 4.69) is 15.4 Å². The maximum Gasteiger partial charge on any atom is 0.336 e. The van der Waals surface area contributed by atoms with Crippen molar-refractivity contribution in [2.75, 3.05) is 20.3 Å². The van der Waals surface area contributed by atoms with Gasteiger partial charge in [0.1, 0.15) is 0 Å². The molecule has 2 N–H and O–H groups in total. The van der Waals surface area contributed by atoms with Gasteiger partial charge in [0.15, 0.2) is 0 Å². The lowest BCUT2D eigenvalue weighted by Gasteiger charge is -2.13. The zero-order valence-electron chi connectivity index (χ0n) is 6.22. The number of nitrogens with one attached hydrogen (secondary N) is 2. The van der Waals surface area contributed by atoms with E-state index >= 15 is 0 Å². The molecule has 0 bridgehead atoms. The van der Waals surface area contributed by atoms with Crippen LogP contribution >= 0.6 is 12.4 Å². The number of carbonyl (C=O) groups is 1. The molecule has 0 aromatic carbocycles. The molecule has 0 spiro atoms. The summed E-state index contributed by atoms with van der Waals surface area (Å²) in [6, 6.07) is 0. The Hall–Kier alpha value is -0.740. The molecule has 0 atom stereocenters. The van der Waals surface area contributed by atoms with Crippen molar-refractivity contribution in [2.24, 2.45) is 0 Å². The van der Waals surface area contributed by atoms with Crippen molar-refractivity contribution in [3.63, 3.8) is 0 Å². The van der Waals surface area contributed by atoms with E-state index in [-0.39, 0.29) is 18.4 Å². The third kappa shape index (κ3) is 2.78. The first kappa shape index (κ1) is 10.3. The lowest BCUT2D eigenvalue weighted by molar-refractivity contribution is -0.136. The topological polar surface area (TPSA) is 50.4 Å². The molecule has 0 fully saturated rings. The van der Waals surface area contributed by atoms with Gasteiger partial charge in [0, 0.05) is 12.7 Å². The maximum atomic E-state index is 10.8. The number of ether oxygens (including phenoxy) is 1. The van der Waals surface area contributed by atoms with Crippen molar-refractivity contribution >= 4 is 18.4 Å². The van der Waals surface area contributed by atoms with E-state index in [1.165, 1.54) is 7.11 Å². The highest BCUT2D eigenvalue weighted by molar-refractivity contribution is 5.88. The highest BCUT2D eigenvalue weighted by Crippen LogP contribution is 1.95. The number of hydrogen-bond acceptors (Lipinski definition) is 4. The van der Waals surface area contributed by atoms with E-state index in [0.29, 0.717) is 18.8 Å². The third-order valence-electron chi connectivity index (χ3n) is 1.27. The highest BCUT2D eigenvalue weighted by atomic mass is 35.5. The molecule has 0 aliphatic carbocycles. The van der Waals surface area contributed by atoms with Gasteiger partial charge < -0.3 is 10.1 Å². The second-order valence-corrected chi connectivity index (χ2v) is 1.97. The Balaban J connectivity index is 0.000001000. The molecule has 0 unspecified atom stereocenters. The standard InChI is InChI=1S/C6H10N2O2.ClH/c1-10-6(9)5-2-7-4-8-3-5;/h2,7-8H,3-4H2,1H3;1H. The van der Waals surface area contributed by atoms with Gasteiger partial charge in [-0.3, -0.25) is 5.32 Å². The highest BCUT2D eigenvalue weighted by Gasteiger charge is 2.10. The van der Waals surface area contributed by atoms with Gasteiger partial charge in [-0.05, 0) is 0 Å². The van der Waals surface area contributed by atoms with Gasteiger partial charge in [-0.25, -0.2) is 4.79 Å². The molecule has 0 radical (unpaired) electrons. The van der Waals surface area contributed by atoms with Crippen LogP contribution in [-0.2, 0) is 9.53 Å². The van der Waals surface area contributed by atoms with E-state index < -0.39 is 0 Å². The van der Waals surface area contributed by atoms with Crippen molar-refractivity contribution in [2.45, 2.75) is 0 Å². The van der Waals surface area contributed by atoms with Crippen LogP contribution in [0.4, 0.5) is 0 Å². The van der Waals surface area contributed by atoms with E-state index in [9.17, 15) is 4.79 Å². The molecule has 1 aliphatic heterocycles. The quantitative estimate of drug-likeness (QED) is 0.538. The summed E-state index contributed by atoms with van der Waals surface area (Å²) in [4.78, 5) is 10.8. The van der Waals surface area contributed by atoms with Gasteiger partial charge in [-0.15, -0.1) is 12.4 Å². The molecule has 4 nitrogen and oxygen atoms in total. The van der Waals surface area contributed by atoms with Crippen molar-refractivity contribution in [3.05, 3.63) is 11.8 Å². The van der Waals surface area contributed by atoms with Crippen LogP contribution in [0.2, 0.25) is 0 Å². The summed E-state index contributed by atoms with van der Waals surface area (Å²) in [6.45, 7) is 1.29. The Bertz CT molecular complexity index is 170. The minimum Gasteiger partial charge on any atom is -0.466 e. The van der Waals surface area contributed by atoms with Crippen LogP contribution < -0.4 is 10.6 Å². The number of methoxy groups -OCH3 is 1. The molecule has 1 rings (SSSR count). The molecule has 0 amide bonds. The average Bonchev–Trinajstić information content (AvgIpc) is 2.05. The number of esters is 1. The summed E-state index contributed by atoms with van der Waals surface area (Å²) >= 11 is 0. The van der Waals surface area contributed by atoms with Crippen LogP contribution in [0.3, 0.4) is 0 Å². The molecule has 5 heteroatoms. The van der Waals surface area contributed by atoms with Crippen LogP contribution in [0, 0.1) is 0 Å². The minimum absolute atomic E-state index is 0. The van der Waals surface area contributed by atoms with Crippen LogP contribution in [0.25, 0.3) is 0 Å². The summed E-state index contributed by atoms with van der Waals surface area (Å²) in [5.41, 5.74) is 0.633. The number of hydrogen-bond donors (Lipinski definition) is 2. The Labute approximate surface area is 71.4 Å². The van der Waals surface area contributed by atoms with Crippen molar-refractivity contribution in [1.29, 1.82) is 0 Å². The third-order valence-corrected chi connectivity index (χ3v) is 1.27. The predicted molar refractivity (Wildman–Crippen MR) is 43.4 cm³/mol. The molecule has 0 saturated heterocycles. The summed E-state index contributed by atoms with van der Waals surface area (Å²) in [5, 5.41) is 5.85. The second kappa shape index (κ2) is 4.98. The van der Waals surface area contributed by atoms with Gasteiger partial charge in [0.05, 0.1) is 19.4 Å². The van der Waals surface area contributed by atoms with Crippen molar-refractivity contribution < 1.29 is 9.53 Å². The second-order valence-electron chi connectivity index (χ2n) is 1.97. The first-order valence-electron chi connectivity index (χ1n) is 3.06. The fraction of sp³-hybridized carbons (Fsp3) is 0.500. The molecule has 1 heterocycles. The summed E-state index contributed by atoms with van der Waals surface area (Å²) in [7, 11) is 1.37. The van der Waals surface area contributed by atoms with Crippen molar-refractivity contribution in [3.8, 4) is 0 Å². The number of carbonyl (C=O) groups excluding carboxylic acids is 1. The summed E-state index contributed by atoms with van der Waals surface area (Å²) in [6.07, 6.45) is 1.67. The van der Waals surface area contributed by atoms with Gasteiger partial charge in [0.25, 0.3) is 0 Å². The largest absolute Gasteiger partial charge is 0.466 e. The molecule has 0 aromatic heterocycles. The Morgan fingerprint density at radius 1 is 1.73 bits per heavy atom. The molecule has 1 aliphatic rings.